The summed E-state index contributed by atoms with van der Waals surface area (Å²) in [6.45, 7) is 5.15. The zero-order valence-corrected chi connectivity index (χ0v) is 13.9. The van der Waals surface area contributed by atoms with Crippen LogP contribution in [0.4, 0.5) is 0 Å². The van der Waals surface area contributed by atoms with E-state index in [4.69, 9.17) is 9.47 Å². The number of fused-ring (bicyclic) bond motifs is 1. The van der Waals surface area contributed by atoms with E-state index in [1.54, 1.807) is 11.8 Å². The minimum Gasteiger partial charge on any atom is -0.466 e. The molecule has 5 heteroatoms. The Morgan fingerprint density at radius 2 is 2.12 bits per heavy atom. The van der Waals surface area contributed by atoms with Crippen molar-refractivity contribution < 1.29 is 19.1 Å². The van der Waals surface area contributed by atoms with Gasteiger partial charge in [0.25, 0.3) is 0 Å². The zero-order valence-electron chi connectivity index (χ0n) is 13.9. The van der Waals surface area contributed by atoms with Gasteiger partial charge in [-0.2, -0.15) is 0 Å². The van der Waals surface area contributed by atoms with E-state index in [1.807, 2.05) is 43.3 Å². The smallest absolute Gasteiger partial charge is 0.312 e. The van der Waals surface area contributed by atoms with Crippen molar-refractivity contribution in [3.63, 3.8) is 0 Å². The van der Waals surface area contributed by atoms with E-state index in [1.165, 1.54) is 5.56 Å². The Bertz CT molecular complexity index is 711. The van der Waals surface area contributed by atoms with Gasteiger partial charge in [0.15, 0.2) is 0 Å². The SMILES string of the molecule is CCOC(=O)[C@@H]1[C@H]2C=C[C@@]3(CN(Cc4ccc(C)cc4)C(=O)[C@@H]13)O2. The molecule has 4 rings (SSSR count). The first-order chi connectivity index (χ1) is 11.5. The first-order valence-corrected chi connectivity index (χ1v) is 8.42. The van der Waals surface area contributed by atoms with Gasteiger partial charge in [-0.15, -0.1) is 0 Å². The Morgan fingerprint density at radius 1 is 1.38 bits per heavy atom. The van der Waals surface area contributed by atoms with E-state index in [0.717, 1.165) is 5.56 Å². The van der Waals surface area contributed by atoms with Gasteiger partial charge in [0.1, 0.15) is 11.5 Å². The van der Waals surface area contributed by atoms with Crippen LogP contribution in [0.5, 0.6) is 0 Å². The summed E-state index contributed by atoms with van der Waals surface area (Å²) < 4.78 is 11.2. The molecule has 2 bridgehead atoms. The van der Waals surface area contributed by atoms with Crippen molar-refractivity contribution in [2.24, 2.45) is 11.8 Å². The summed E-state index contributed by atoms with van der Waals surface area (Å²) >= 11 is 0. The van der Waals surface area contributed by atoms with E-state index in [9.17, 15) is 9.59 Å². The number of amides is 1. The fraction of sp³-hybridized carbons (Fsp3) is 0.474. The average molecular weight is 327 g/mol. The number of carbonyl (C=O) groups is 2. The molecule has 0 radical (unpaired) electrons. The third-order valence-electron chi connectivity index (χ3n) is 5.23. The van der Waals surface area contributed by atoms with Crippen LogP contribution >= 0.6 is 0 Å². The van der Waals surface area contributed by atoms with Crippen molar-refractivity contribution in [1.29, 1.82) is 0 Å². The molecule has 1 spiro atoms. The van der Waals surface area contributed by atoms with Crippen LogP contribution in [0.15, 0.2) is 36.4 Å². The molecule has 2 saturated heterocycles. The fourth-order valence-electron chi connectivity index (χ4n) is 4.13. The lowest BCUT2D eigenvalue weighted by Crippen LogP contribution is -2.40. The predicted octanol–water partition coefficient (Wildman–Crippen LogP) is 1.84. The molecule has 3 aliphatic rings. The quantitative estimate of drug-likeness (QED) is 0.625. The Hall–Kier alpha value is -2.14. The average Bonchev–Trinajstić information content (AvgIpc) is 3.19. The summed E-state index contributed by atoms with van der Waals surface area (Å²) in [6, 6.07) is 8.15. The van der Waals surface area contributed by atoms with Crippen LogP contribution in [0.25, 0.3) is 0 Å². The van der Waals surface area contributed by atoms with Gasteiger partial charge in [0.05, 0.1) is 25.2 Å². The van der Waals surface area contributed by atoms with Crippen molar-refractivity contribution in [2.75, 3.05) is 13.2 Å². The Labute approximate surface area is 141 Å². The Balaban J connectivity index is 1.58. The molecule has 126 valence electrons. The van der Waals surface area contributed by atoms with Gasteiger partial charge in [-0.1, -0.05) is 42.0 Å². The topological polar surface area (TPSA) is 55.8 Å². The molecule has 0 N–H and O–H groups in total. The minimum atomic E-state index is -0.663. The van der Waals surface area contributed by atoms with Gasteiger partial charge in [-0.25, -0.2) is 0 Å². The summed E-state index contributed by atoms with van der Waals surface area (Å²) in [6.07, 6.45) is 3.53. The fourth-order valence-corrected chi connectivity index (χ4v) is 4.13. The number of nitrogens with zero attached hydrogens (tertiary/aromatic N) is 1. The highest BCUT2D eigenvalue weighted by atomic mass is 16.6. The molecular weight excluding hydrogens is 306 g/mol. The second-order valence-electron chi connectivity index (χ2n) is 6.83. The largest absolute Gasteiger partial charge is 0.466 e. The number of aryl methyl sites for hydroxylation is 1. The molecule has 1 aromatic carbocycles. The van der Waals surface area contributed by atoms with Gasteiger partial charge >= 0.3 is 5.97 Å². The molecule has 0 unspecified atom stereocenters. The lowest BCUT2D eigenvalue weighted by atomic mass is 9.77. The van der Waals surface area contributed by atoms with E-state index < -0.39 is 17.4 Å². The lowest BCUT2D eigenvalue weighted by molar-refractivity contribution is -0.153. The molecule has 24 heavy (non-hydrogen) atoms. The van der Waals surface area contributed by atoms with Crippen LogP contribution in [0.2, 0.25) is 0 Å². The molecule has 3 heterocycles. The summed E-state index contributed by atoms with van der Waals surface area (Å²) in [7, 11) is 0. The summed E-state index contributed by atoms with van der Waals surface area (Å²) in [5.41, 5.74) is 1.61. The maximum Gasteiger partial charge on any atom is 0.312 e. The van der Waals surface area contributed by atoms with E-state index in [-0.39, 0.29) is 18.0 Å². The number of carbonyl (C=O) groups excluding carboxylic acids is 2. The maximum absolute atomic E-state index is 13.0. The lowest BCUT2D eigenvalue weighted by Gasteiger charge is -2.22. The van der Waals surface area contributed by atoms with Crippen LogP contribution in [0.3, 0.4) is 0 Å². The van der Waals surface area contributed by atoms with Crippen LogP contribution < -0.4 is 0 Å². The first kappa shape index (κ1) is 15.4. The van der Waals surface area contributed by atoms with Crippen LogP contribution in [-0.2, 0) is 25.6 Å². The molecule has 0 aliphatic carbocycles. The monoisotopic (exact) mass is 327 g/mol. The van der Waals surface area contributed by atoms with Crippen molar-refractivity contribution in [2.45, 2.75) is 32.1 Å². The normalized spacial score (nSPS) is 33.2. The molecule has 1 aromatic rings. The molecule has 0 aromatic heterocycles. The van der Waals surface area contributed by atoms with Crippen LogP contribution in [-0.4, -0.2) is 41.6 Å². The highest BCUT2D eigenvalue weighted by molar-refractivity contribution is 5.91. The first-order valence-electron chi connectivity index (χ1n) is 8.42. The van der Waals surface area contributed by atoms with Gasteiger partial charge < -0.3 is 14.4 Å². The second-order valence-corrected chi connectivity index (χ2v) is 6.83. The predicted molar refractivity (Wildman–Crippen MR) is 87.0 cm³/mol. The molecular formula is C19H21NO4. The third-order valence-corrected chi connectivity index (χ3v) is 5.23. The van der Waals surface area contributed by atoms with Crippen molar-refractivity contribution in [3.05, 3.63) is 47.5 Å². The van der Waals surface area contributed by atoms with Gasteiger partial charge in [0, 0.05) is 6.54 Å². The third kappa shape index (κ3) is 2.18. The number of benzene rings is 1. The Kier molecular flexibility index (Phi) is 3.49. The Morgan fingerprint density at radius 3 is 2.83 bits per heavy atom. The summed E-state index contributed by atoms with van der Waals surface area (Å²) in [5.74, 6) is -1.33. The van der Waals surface area contributed by atoms with Crippen molar-refractivity contribution in [3.8, 4) is 0 Å². The number of esters is 1. The molecule has 0 saturated carbocycles. The van der Waals surface area contributed by atoms with E-state index in [2.05, 4.69) is 0 Å². The molecule has 5 nitrogen and oxygen atoms in total. The second kappa shape index (κ2) is 5.45. The molecule has 3 aliphatic heterocycles. The number of ether oxygens (including phenoxy) is 2. The summed E-state index contributed by atoms with van der Waals surface area (Å²) in [4.78, 5) is 27.1. The molecule has 4 atom stereocenters. The number of hydrogen-bond donors (Lipinski definition) is 0. The van der Waals surface area contributed by atoms with Crippen LogP contribution in [0.1, 0.15) is 18.1 Å². The van der Waals surface area contributed by atoms with Crippen LogP contribution in [0, 0.1) is 18.8 Å². The number of likely N-dealkylation sites (tertiary alicyclic amines) is 1. The number of rotatable bonds is 4. The standard InChI is InChI=1S/C19H21NO4/c1-3-23-18(22)15-14-8-9-19(24-14)11-20(17(21)16(15)19)10-13-6-4-12(2)5-7-13/h4-9,14-16H,3,10-11H2,1-2H3/t14-,15-,16-,19+/m1/s1. The number of hydrogen-bond acceptors (Lipinski definition) is 4. The van der Waals surface area contributed by atoms with Crippen molar-refractivity contribution >= 4 is 11.9 Å². The van der Waals surface area contributed by atoms with Gasteiger partial charge in [-0.3, -0.25) is 9.59 Å². The maximum atomic E-state index is 13.0. The van der Waals surface area contributed by atoms with Crippen molar-refractivity contribution in [1.82, 2.24) is 4.90 Å². The summed E-state index contributed by atoms with van der Waals surface area (Å²) in [5, 5.41) is 0. The van der Waals surface area contributed by atoms with Gasteiger partial charge in [0.2, 0.25) is 5.91 Å². The molecule has 1 amide bonds. The van der Waals surface area contributed by atoms with Gasteiger partial charge in [-0.05, 0) is 19.4 Å². The highest BCUT2D eigenvalue weighted by Crippen LogP contribution is 2.52. The molecule has 2 fully saturated rings. The minimum absolute atomic E-state index is 0.0134. The zero-order chi connectivity index (χ0) is 16.9. The van der Waals surface area contributed by atoms with E-state index >= 15 is 0 Å². The van der Waals surface area contributed by atoms with E-state index in [0.29, 0.717) is 19.7 Å². The highest BCUT2D eigenvalue weighted by Gasteiger charge is 2.67.